The Labute approximate surface area is 327 Å². The van der Waals surface area contributed by atoms with E-state index in [1.165, 1.54) is 19.3 Å². The molecule has 0 radical (unpaired) electrons. The van der Waals surface area contributed by atoms with Gasteiger partial charge in [-0.1, -0.05) is 12.2 Å². The zero-order valence-electron chi connectivity index (χ0n) is 31.5. The highest BCUT2D eigenvalue weighted by Crippen LogP contribution is 2.48. The summed E-state index contributed by atoms with van der Waals surface area (Å²) in [6, 6.07) is 4.97. The number of nitrogens with one attached hydrogen (secondary N) is 3. The summed E-state index contributed by atoms with van der Waals surface area (Å²) < 4.78 is 79.7. The van der Waals surface area contributed by atoms with Crippen molar-refractivity contribution in [2.45, 2.75) is 94.2 Å². The number of carbonyl (C=O) groups is 3. The lowest BCUT2D eigenvalue weighted by Gasteiger charge is -2.35. The number of thiazole rings is 1. The number of nitrogens with zero attached hydrogens (tertiary/aromatic N) is 2. The zero-order chi connectivity index (χ0) is 40.6. The molecule has 0 spiro atoms. The van der Waals surface area contributed by atoms with Crippen LogP contribution in [0.4, 0.5) is 13.2 Å². The van der Waals surface area contributed by atoms with E-state index in [-0.39, 0.29) is 41.6 Å². The van der Waals surface area contributed by atoms with E-state index < -0.39 is 67.9 Å². The van der Waals surface area contributed by atoms with Crippen LogP contribution in [0.2, 0.25) is 0 Å². The SMILES string of the molecule is C=CCCCCNC(=O)[C@@H]1CC[C@H](Oc2cc(-c3nc(C(F)(F)F)cs3)nc3c(C)c(OC)ccc23)C[C@H]1C(=O)N[C@]1(C(=O)NS(=O)(=O)C2(C)CC2)C[C@H]1C=C. The Bertz CT molecular complexity index is 2150. The number of hydrogen-bond donors (Lipinski definition) is 3. The fraction of sp³-hybridized carbons (Fsp3) is 0.513. The van der Waals surface area contributed by atoms with Crippen molar-refractivity contribution < 1.29 is 45.4 Å². The predicted molar refractivity (Wildman–Crippen MR) is 205 cm³/mol. The van der Waals surface area contributed by atoms with Crippen LogP contribution in [0.1, 0.15) is 76.0 Å². The molecule has 0 saturated heterocycles. The molecule has 3 aliphatic carbocycles. The molecule has 3 saturated carbocycles. The highest BCUT2D eigenvalue weighted by Gasteiger charge is 2.62. The normalized spacial score (nSPS) is 24.1. The number of hydrogen-bond acceptors (Lipinski definition) is 10. The molecule has 17 heteroatoms. The van der Waals surface area contributed by atoms with Gasteiger partial charge in [0.05, 0.1) is 29.4 Å². The molecule has 12 nitrogen and oxygen atoms in total. The molecule has 3 aliphatic rings. The second kappa shape index (κ2) is 15.8. The van der Waals surface area contributed by atoms with Gasteiger partial charge < -0.3 is 20.1 Å². The predicted octanol–water partition coefficient (Wildman–Crippen LogP) is 6.39. The number of aryl methyl sites for hydroxylation is 1. The van der Waals surface area contributed by atoms with E-state index in [2.05, 4.69) is 38.5 Å². The summed E-state index contributed by atoms with van der Waals surface area (Å²) >= 11 is 0.790. The molecule has 0 aliphatic heterocycles. The fourth-order valence-corrected chi connectivity index (χ4v) is 9.33. The molecule has 3 N–H and O–H groups in total. The van der Waals surface area contributed by atoms with Crippen LogP contribution < -0.4 is 24.8 Å². The third-order valence-electron chi connectivity index (χ3n) is 11.2. The van der Waals surface area contributed by atoms with Crippen LogP contribution in [0.5, 0.6) is 11.5 Å². The van der Waals surface area contributed by atoms with Crippen LogP contribution in [-0.4, -0.2) is 66.2 Å². The first kappa shape index (κ1) is 41.1. The molecular formula is C39H46F3N5O7S2. The van der Waals surface area contributed by atoms with Gasteiger partial charge in [0.2, 0.25) is 21.8 Å². The number of carbonyl (C=O) groups excluding carboxylic acids is 3. The van der Waals surface area contributed by atoms with Crippen molar-refractivity contribution in [3.63, 3.8) is 0 Å². The van der Waals surface area contributed by atoms with Crippen LogP contribution in [0.15, 0.2) is 48.9 Å². The molecule has 3 amide bonds. The summed E-state index contributed by atoms with van der Waals surface area (Å²) in [5.41, 5.74) is -1.41. The van der Waals surface area contributed by atoms with Gasteiger partial charge >= 0.3 is 6.18 Å². The highest BCUT2D eigenvalue weighted by molar-refractivity contribution is 7.91. The first-order chi connectivity index (χ1) is 26.5. The third-order valence-corrected chi connectivity index (χ3v) is 14.2. The Hall–Kier alpha value is -4.51. The number of rotatable bonds is 16. The van der Waals surface area contributed by atoms with Gasteiger partial charge in [-0.2, -0.15) is 13.2 Å². The maximum absolute atomic E-state index is 14.3. The van der Waals surface area contributed by atoms with Gasteiger partial charge in [-0.3, -0.25) is 19.1 Å². The van der Waals surface area contributed by atoms with Gasteiger partial charge in [-0.15, -0.1) is 24.5 Å². The van der Waals surface area contributed by atoms with Gasteiger partial charge in [-0.05, 0) is 83.8 Å². The van der Waals surface area contributed by atoms with Crippen molar-refractivity contribution in [1.82, 2.24) is 25.3 Å². The van der Waals surface area contributed by atoms with Crippen molar-refractivity contribution in [2.75, 3.05) is 13.7 Å². The van der Waals surface area contributed by atoms with E-state index in [1.807, 2.05) is 0 Å². The Morgan fingerprint density at radius 2 is 1.82 bits per heavy atom. The number of allylic oxidation sites excluding steroid dienone is 1. The number of alkyl halides is 3. The van der Waals surface area contributed by atoms with E-state index in [0.717, 1.165) is 29.6 Å². The molecule has 302 valence electrons. The Kier molecular flexibility index (Phi) is 11.6. The van der Waals surface area contributed by atoms with Crippen molar-refractivity contribution in [1.29, 1.82) is 0 Å². The van der Waals surface area contributed by atoms with Gasteiger partial charge in [0, 0.05) is 40.8 Å². The molecular weight excluding hydrogens is 772 g/mol. The quantitative estimate of drug-likeness (QED) is 0.110. The van der Waals surface area contributed by atoms with E-state index in [4.69, 9.17) is 9.47 Å². The lowest BCUT2D eigenvalue weighted by atomic mass is 9.76. The van der Waals surface area contributed by atoms with E-state index in [1.54, 1.807) is 32.1 Å². The minimum atomic E-state index is -4.65. The van der Waals surface area contributed by atoms with Crippen LogP contribution in [0.3, 0.4) is 0 Å². The van der Waals surface area contributed by atoms with E-state index in [9.17, 15) is 36.0 Å². The summed E-state index contributed by atoms with van der Waals surface area (Å²) in [5, 5.41) is 7.26. The monoisotopic (exact) mass is 817 g/mol. The lowest BCUT2D eigenvalue weighted by Crippen LogP contribution is -2.56. The molecule has 3 fully saturated rings. The average molecular weight is 818 g/mol. The number of methoxy groups -OCH3 is 1. The number of benzene rings is 1. The Morgan fingerprint density at radius 1 is 1.07 bits per heavy atom. The summed E-state index contributed by atoms with van der Waals surface area (Å²) in [6.45, 7) is 11.2. The van der Waals surface area contributed by atoms with Crippen molar-refractivity contribution in [3.8, 4) is 22.2 Å². The first-order valence-electron chi connectivity index (χ1n) is 18.5. The van der Waals surface area contributed by atoms with Gasteiger partial charge in [0.15, 0.2) is 5.69 Å². The van der Waals surface area contributed by atoms with Gasteiger partial charge in [-0.25, -0.2) is 18.4 Å². The molecule has 5 atom stereocenters. The topological polar surface area (TPSA) is 166 Å². The Balaban J connectivity index is 1.30. The van der Waals surface area contributed by atoms with Crippen molar-refractivity contribution in [2.24, 2.45) is 17.8 Å². The second-order valence-corrected chi connectivity index (χ2v) is 18.1. The molecule has 2 heterocycles. The summed E-state index contributed by atoms with van der Waals surface area (Å²) in [6.07, 6.45) is 1.88. The van der Waals surface area contributed by atoms with Crippen LogP contribution in [-0.2, 0) is 30.6 Å². The largest absolute Gasteiger partial charge is 0.496 e. The lowest BCUT2D eigenvalue weighted by molar-refractivity contribution is -0.140. The van der Waals surface area contributed by atoms with E-state index in [0.29, 0.717) is 54.4 Å². The van der Waals surface area contributed by atoms with Gasteiger partial charge in [0.25, 0.3) is 5.91 Å². The smallest absolute Gasteiger partial charge is 0.434 e. The number of amides is 3. The molecule has 3 aromatic rings. The zero-order valence-corrected chi connectivity index (χ0v) is 33.1. The number of pyridine rings is 1. The van der Waals surface area contributed by atoms with Crippen LogP contribution in [0, 0.1) is 24.7 Å². The first-order valence-corrected chi connectivity index (χ1v) is 20.9. The number of sulfonamides is 1. The number of aromatic nitrogens is 2. The van der Waals surface area contributed by atoms with Crippen molar-refractivity contribution >= 4 is 50.0 Å². The number of unbranched alkanes of at least 4 members (excludes halogenated alkanes) is 2. The van der Waals surface area contributed by atoms with Gasteiger partial charge in [0.1, 0.15) is 27.7 Å². The fourth-order valence-electron chi connectivity index (χ4n) is 7.24. The average Bonchev–Trinajstić information content (AvgIpc) is 4.02. The van der Waals surface area contributed by atoms with E-state index >= 15 is 0 Å². The molecule has 0 unspecified atom stereocenters. The number of ether oxygens (including phenoxy) is 2. The Morgan fingerprint density at radius 3 is 2.45 bits per heavy atom. The molecule has 0 bridgehead atoms. The summed E-state index contributed by atoms with van der Waals surface area (Å²) in [5.74, 6) is -3.31. The second-order valence-electron chi connectivity index (χ2n) is 15.1. The number of halogens is 3. The third kappa shape index (κ3) is 8.29. The molecule has 2 aromatic heterocycles. The van der Waals surface area contributed by atoms with Crippen LogP contribution in [0.25, 0.3) is 21.6 Å². The maximum atomic E-state index is 14.3. The molecule has 1 aromatic carbocycles. The van der Waals surface area contributed by atoms with Crippen LogP contribution >= 0.6 is 11.3 Å². The minimum absolute atomic E-state index is 0.0273. The maximum Gasteiger partial charge on any atom is 0.434 e. The highest BCUT2D eigenvalue weighted by atomic mass is 32.2. The minimum Gasteiger partial charge on any atom is -0.496 e. The molecule has 56 heavy (non-hydrogen) atoms. The summed E-state index contributed by atoms with van der Waals surface area (Å²) in [7, 11) is -2.52. The molecule has 6 rings (SSSR count). The number of fused-ring (bicyclic) bond motifs is 1. The summed E-state index contributed by atoms with van der Waals surface area (Å²) in [4.78, 5) is 50.1. The van der Waals surface area contributed by atoms with Crippen molar-refractivity contribution in [3.05, 3.63) is 60.1 Å². The standard InChI is InChI=1S/C39H46F3N5O7S2/c1-6-8-9-10-17-43-33(48)25-12-11-24(18-27(25)34(49)46-38(20-23(38)7-2)36(50)47-56(51,52)37(4)15-16-37)54-30-19-28(35-45-31(21-55-35)39(40,41)42)44-32-22(3)29(53-5)14-13-26(30)32/h6-7,13-14,19,21,23-25,27H,1-2,8-12,15-18,20H2,3-5H3,(H,43,48)(H,46,49)(H,47,50)/t23-,24+,25-,27-,38-/m1/s1.